The molecule has 1 aliphatic heterocycles. The van der Waals surface area contributed by atoms with Gasteiger partial charge >= 0.3 is 0 Å². The number of fused-ring (bicyclic) bond motifs is 1. The van der Waals surface area contributed by atoms with Crippen molar-refractivity contribution in [2.75, 3.05) is 6.54 Å². The fourth-order valence-electron chi connectivity index (χ4n) is 2.56. The van der Waals surface area contributed by atoms with Gasteiger partial charge in [0.15, 0.2) is 0 Å². The highest BCUT2D eigenvalue weighted by molar-refractivity contribution is 5.66. The molecule has 102 valence electrons. The van der Waals surface area contributed by atoms with Gasteiger partial charge in [0.2, 0.25) is 0 Å². The predicted molar refractivity (Wildman–Crippen MR) is 82.4 cm³/mol. The van der Waals surface area contributed by atoms with Crippen molar-refractivity contribution in [1.82, 2.24) is 5.32 Å². The van der Waals surface area contributed by atoms with E-state index in [1.54, 1.807) is 13.8 Å². The molecular weight excluding hydrogens is 246 g/mol. The molecule has 0 saturated carbocycles. The zero-order chi connectivity index (χ0) is 14.2. The number of nitrogens with one attached hydrogen (secondary N) is 1. The molecule has 2 heteroatoms. The van der Waals surface area contributed by atoms with Gasteiger partial charge in [-0.3, -0.25) is 0 Å². The van der Waals surface area contributed by atoms with E-state index in [9.17, 15) is 5.11 Å². The summed E-state index contributed by atoms with van der Waals surface area (Å²) in [6.07, 6.45) is 2.20. The van der Waals surface area contributed by atoms with Crippen molar-refractivity contribution in [2.45, 2.75) is 19.4 Å². The highest BCUT2D eigenvalue weighted by atomic mass is 16.3. The summed E-state index contributed by atoms with van der Waals surface area (Å²) in [4.78, 5) is 0. The Labute approximate surface area is 119 Å². The molecule has 2 nitrogen and oxygen atoms in total. The van der Waals surface area contributed by atoms with E-state index in [-0.39, 0.29) is 0 Å². The van der Waals surface area contributed by atoms with E-state index >= 15 is 0 Å². The number of rotatable bonds is 2. The third kappa shape index (κ3) is 2.35. The van der Waals surface area contributed by atoms with E-state index in [0.717, 1.165) is 23.4 Å². The second-order valence-corrected chi connectivity index (χ2v) is 5.68. The van der Waals surface area contributed by atoms with Crippen LogP contribution in [0.5, 0.6) is 0 Å². The third-order valence-electron chi connectivity index (χ3n) is 3.71. The predicted octanol–water partition coefficient (Wildman–Crippen LogP) is 1.45. The van der Waals surface area contributed by atoms with Crippen molar-refractivity contribution < 1.29 is 5.11 Å². The molecule has 0 spiro atoms. The first kappa shape index (κ1) is 12.9. The molecule has 0 saturated heterocycles. The molecule has 0 radical (unpaired) electrons. The Bertz CT molecular complexity index is 736. The number of hydrogen-bond acceptors (Lipinski definition) is 2. The van der Waals surface area contributed by atoms with Gasteiger partial charge in [0.1, 0.15) is 0 Å². The van der Waals surface area contributed by atoms with Crippen molar-refractivity contribution in [3.63, 3.8) is 0 Å². The van der Waals surface area contributed by atoms with Gasteiger partial charge in [0, 0.05) is 17.5 Å². The Balaban J connectivity index is 2.13. The topological polar surface area (TPSA) is 32.3 Å². The van der Waals surface area contributed by atoms with Gasteiger partial charge in [0.05, 0.1) is 5.60 Å². The van der Waals surface area contributed by atoms with Crippen LogP contribution in [0.3, 0.4) is 0 Å². The van der Waals surface area contributed by atoms with Crippen molar-refractivity contribution in [1.29, 1.82) is 0 Å². The maximum Gasteiger partial charge on any atom is 0.0840 e. The van der Waals surface area contributed by atoms with Gasteiger partial charge in [-0.1, -0.05) is 54.6 Å². The minimum absolute atomic E-state index is 0.797. The molecule has 2 aromatic rings. The van der Waals surface area contributed by atoms with Gasteiger partial charge in [-0.05, 0) is 30.2 Å². The lowest BCUT2D eigenvalue weighted by Gasteiger charge is -2.19. The second-order valence-electron chi connectivity index (χ2n) is 5.68. The molecule has 0 amide bonds. The van der Waals surface area contributed by atoms with E-state index in [4.69, 9.17) is 0 Å². The van der Waals surface area contributed by atoms with Crippen LogP contribution in [0, 0.1) is 0 Å². The largest absolute Gasteiger partial charge is 0.386 e. The van der Waals surface area contributed by atoms with Crippen LogP contribution in [0.15, 0.2) is 48.5 Å². The molecule has 0 unspecified atom stereocenters. The van der Waals surface area contributed by atoms with Crippen molar-refractivity contribution >= 4 is 11.8 Å². The third-order valence-corrected chi connectivity index (χ3v) is 3.71. The Morgan fingerprint density at radius 2 is 1.70 bits per heavy atom. The summed E-state index contributed by atoms with van der Waals surface area (Å²) in [5, 5.41) is 16.0. The number of hydrogen-bond donors (Lipinski definition) is 2. The van der Waals surface area contributed by atoms with E-state index in [2.05, 4.69) is 47.8 Å². The fraction of sp³-hybridized carbons (Fsp3) is 0.222. The zero-order valence-corrected chi connectivity index (χ0v) is 11.9. The fourth-order valence-corrected chi connectivity index (χ4v) is 2.56. The summed E-state index contributed by atoms with van der Waals surface area (Å²) in [6, 6.07) is 16.5. The SMILES string of the molecule is CC(C)(O)c1ccc(C2=c3ccccc3=CCN2)cc1. The molecule has 0 aliphatic carbocycles. The van der Waals surface area contributed by atoms with Crippen LogP contribution in [0.1, 0.15) is 25.0 Å². The maximum absolute atomic E-state index is 10.0. The summed E-state index contributed by atoms with van der Waals surface area (Å²) in [5.74, 6) is 0. The van der Waals surface area contributed by atoms with Gasteiger partial charge in [-0.25, -0.2) is 0 Å². The van der Waals surface area contributed by atoms with Gasteiger partial charge in [-0.15, -0.1) is 0 Å². The highest BCUT2D eigenvalue weighted by Gasteiger charge is 2.15. The first-order chi connectivity index (χ1) is 9.55. The lowest BCUT2D eigenvalue weighted by Crippen LogP contribution is -2.37. The number of aliphatic hydroxyl groups is 1. The average molecular weight is 265 g/mol. The zero-order valence-electron chi connectivity index (χ0n) is 11.9. The first-order valence-corrected chi connectivity index (χ1v) is 6.92. The molecular formula is C18H19NO. The van der Waals surface area contributed by atoms with Crippen LogP contribution in [-0.2, 0) is 5.60 Å². The summed E-state index contributed by atoms with van der Waals surface area (Å²) >= 11 is 0. The smallest absolute Gasteiger partial charge is 0.0840 e. The lowest BCUT2D eigenvalue weighted by atomic mass is 9.96. The van der Waals surface area contributed by atoms with Crippen molar-refractivity contribution in [2.24, 2.45) is 0 Å². The summed E-state index contributed by atoms with van der Waals surface area (Å²) < 4.78 is 0. The molecule has 0 aromatic heterocycles. The van der Waals surface area contributed by atoms with E-state index in [0.29, 0.717) is 0 Å². The maximum atomic E-state index is 10.0. The van der Waals surface area contributed by atoms with E-state index in [1.165, 1.54) is 10.4 Å². The normalized spacial score (nSPS) is 14.2. The van der Waals surface area contributed by atoms with E-state index in [1.807, 2.05) is 12.1 Å². The van der Waals surface area contributed by atoms with Crippen LogP contribution < -0.4 is 15.8 Å². The molecule has 0 bridgehead atoms. The van der Waals surface area contributed by atoms with Crippen molar-refractivity contribution in [3.8, 4) is 0 Å². The van der Waals surface area contributed by atoms with E-state index < -0.39 is 5.60 Å². The number of benzene rings is 2. The Morgan fingerprint density at radius 3 is 2.40 bits per heavy atom. The standard InChI is InChI=1S/C18H19NO/c1-18(2,20)15-9-7-14(8-10-15)17-16-6-4-3-5-13(16)11-12-19-17/h3-11,19-20H,12H2,1-2H3. The van der Waals surface area contributed by atoms with Gasteiger partial charge in [-0.2, -0.15) is 0 Å². The summed E-state index contributed by atoms with van der Waals surface area (Å²) in [5.41, 5.74) is 2.44. The second kappa shape index (κ2) is 4.80. The Hall–Kier alpha value is -2.06. The lowest BCUT2D eigenvalue weighted by molar-refractivity contribution is 0.0786. The molecule has 3 rings (SSSR count). The van der Waals surface area contributed by atoms with Crippen LogP contribution in [0.4, 0.5) is 0 Å². The highest BCUT2D eigenvalue weighted by Crippen LogP contribution is 2.21. The minimum Gasteiger partial charge on any atom is -0.386 e. The van der Waals surface area contributed by atoms with Gasteiger partial charge in [0.25, 0.3) is 0 Å². The van der Waals surface area contributed by atoms with Crippen LogP contribution in [-0.4, -0.2) is 11.7 Å². The Morgan fingerprint density at radius 1 is 1.00 bits per heavy atom. The molecule has 0 fully saturated rings. The molecule has 2 N–H and O–H groups in total. The molecule has 0 atom stereocenters. The average Bonchev–Trinajstić information content (AvgIpc) is 2.46. The van der Waals surface area contributed by atoms with Crippen LogP contribution in [0.25, 0.3) is 11.8 Å². The Kier molecular flexibility index (Phi) is 3.11. The first-order valence-electron chi connectivity index (χ1n) is 6.92. The van der Waals surface area contributed by atoms with Crippen molar-refractivity contribution in [3.05, 3.63) is 70.1 Å². The van der Waals surface area contributed by atoms with Gasteiger partial charge < -0.3 is 10.4 Å². The molecule has 1 heterocycles. The quantitative estimate of drug-likeness (QED) is 0.861. The minimum atomic E-state index is -0.797. The van der Waals surface area contributed by atoms with Crippen LogP contribution >= 0.6 is 0 Å². The summed E-state index contributed by atoms with van der Waals surface area (Å²) in [7, 11) is 0. The molecule has 20 heavy (non-hydrogen) atoms. The van der Waals surface area contributed by atoms with Crippen LogP contribution in [0.2, 0.25) is 0 Å². The monoisotopic (exact) mass is 265 g/mol. The molecule has 2 aromatic carbocycles. The summed E-state index contributed by atoms with van der Waals surface area (Å²) in [6.45, 7) is 4.45. The molecule has 1 aliphatic rings.